The van der Waals surface area contributed by atoms with Crippen LogP contribution < -0.4 is 5.32 Å². The van der Waals surface area contributed by atoms with E-state index in [1.165, 1.54) is 6.92 Å². The maximum Gasteiger partial charge on any atom is 0.356 e. The molecule has 0 saturated carbocycles. The number of carbonyl (C=O) groups is 2. The molecule has 2 rings (SSSR count). The first-order valence-electron chi connectivity index (χ1n) is 5.15. The molecule has 0 amide bonds. The highest BCUT2D eigenvalue weighted by atomic mass is 32.1. The topological polar surface area (TPSA) is 88.5 Å². The van der Waals surface area contributed by atoms with E-state index in [0.717, 1.165) is 11.3 Å². The SMILES string of the molecule is CC(=O)c1sc(C2COCCN2)nc1C(=O)O. The second-order valence-electron chi connectivity index (χ2n) is 3.67. The van der Waals surface area contributed by atoms with Gasteiger partial charge in [0.25, 0.3) is 0 Å². The highest BCUT2D eigenvalue weighted by Gasteiger charge is 2.25. The number of hydrogen-bond donors (Lipinski definition) is 2. The predicted molar refractivity (Wildman–Crippen MR) is 60.6 cm³/mol. The molecular formula is C10H12N2O4S. The van der Waals surface area contributed by atoms with E-state index in [-0.39, 0.29) is 22.4 Å². The van der Waals surface area contributed by atoms with Crippen LogP contribution in [0.25, 0.3) is 0 Å². The van der Waals surface area contributed by atoms with Crippen molar-refractivity contribution in [2.45, 2.75) is 13.0 Å². The molecule has 1 fully saturated rings. The molecule has 1 saturated heterocycles. The molecule has 17 heavy (non-hydrogen) atoms. The second-order valence-corrected chi connectivity index (χ2v) is 4.70. The highest BCUT2D eigenvalue weighted by molar-refractivity contribution is 7.14. The third-order valence-corrected chi connectivity index (χ3v) is 3.66. The molecule has 1 aliphatic heterocycles. The van der Waals surface area contributed by atoms with Crippen LogP contribution in [0.4, 0.5) is 0 Å². The Balaban J connectivity index is 2.32. The van der Waals surface area contributed by atoms with Gasteiger partial charge in [0.05, 0.1) is 19.3 Å². The fourth-order valence-corrected chi connectivity index (χ4v) is 2.61. The molecule has 1 aromatic heterocycles. The molecule has 0 radical (unpaired) electrons. The van der Waals surface area contributed by atoms with Crippen molar-refractivity contribution in [2.75, 3.05) is 19.8 Å². The van der Waals surface area contributed by atoms with Gasteiger partial charge in [-0.05, 0) is 0 Å². The molecule has 7 heteroatoms. The van der Waals surface area contributed by atoms with Crippen LogP contribution in [-0.2, 0) is 4.74 Å². The molecule has 2 heterocycles. The van der Waals surface area contributed by atoms with Crippen LogP contribution in [0.5, 0.6) is 0 Å². The normalized spacial score (nSPS) is 20.2. The summed E-state index contributed by atoms with van der Waals surface area (Å²) in [5.41, 5.74) is -0.162. The Bertz CT molecular complexity index is 420. The number of aromatic nitrogens is 1. The highest BCUT2D eigenvalue weighted by Crippen LogP contribution is 2.25. The van der Waals surface area contributed by atoms with Crippen LogP contribution >= 0.6 is 11.3 Å². The smallest absolute Gasteiger partial charge is 0.356 e. The van der Waals surface area contributed by atoms with Crippen molar-refractivity contribution in [2.24, 2.45) is 0 Å². The van der Waals surface area contributed by atoms with Crippen molar-refractivity contribution in [3.05, 3.63) is 15.6 Å². The molecule has 1 unspecified atom stereocenters. The first-order chi connectivity index (χ1) is 8.09. The van der Waals surface area contributed by atoms with E-state index in [2.05, 4.69) is 10.3 Å². The lowest BCUT2D eigenvalue weighted by molar-refractivity contribution is 0.0682. The number of carbonyl (C=O) groups excluding carboxylic acids is 1. The number of carboxylic acids is 1. The van der Waals surface area contributed by atoms with Gasteiger partial charge < -0.3 is 15.2 Å². The van der Waals surface area contributed by atoms with Crippen LogP contribution in [0.3, 0.4) is 0 Å². The monoisotopic (exact) mass is 256 g/mol. The lowest BCUT2D eigenvalue weighted by Crippen LogP contribution is -2.34. The van der Waals surface area contributed by atoms with Gasteiger partial charge in [0.15, 0.2) is 11.5 Å². The number of aromatic carboxylic acids is 1. The minimum atomic E-state index is -1.17. The zero-order chi connectivity index (χ0) is 12.4. The summed E-state index contributed by atoms with van der Waals surface area (Å²) in [5, 5.41) is 12.7. The quantitative estimate of drug-likeness (QED) is 0.774. The van der Waals surface area contributed by atoms with Crippen LogP contribution in [0.2, 0.25) is 0 Å². The Morgan fingerprint density at radius 3 is 2.82 bits per heavy atom. The summed E-state index contributed by atoms with van der Waals surface area (Å²) in [6, 6.07) is -0.125. The number of morpholine rings is 1. The zero-order valence-electron chi connectivity index (χ0n) is 9.23. The summed E-state index contributed by atoms with van der Waals surface area (Å²) in [6.07, 6.45) is 0. The average molecular weight is 256 g/mol. The molecule has 1 atom stereocenters. The fraction of sp³-hybridized carbons (Fsp3) is 0.500. The maximum absolute atomic E-state index is 11.3. The molecule has 0 spiro atoms. The van der Waals surface area contributed by atoms with E-state index in [1.807, 2.05) is 0 Å². The number of ether oxygens (including phenoxy) is 1. The van der Waals surface area contributed by atoms with Crippen molar-refractivity contribution in [1.29, 1.82) is 0 Å². The molecule has 0 aromatic carbocycles. The Hall–Kier alpha value is -1.31. The van der Waals surface area contributed by atoms with E-state index in [9.17, 15) is 9.59 Å². The van der Waals surface area contributed by atoms with Crippen molar-refractivity contribution in [3.8, 4) is 0 Å². The second kappa shape index (κ2) is 4.91. The van der Waals surface area contributed by atoms with E-state index in [0.29, 0.717) is 24.8 Å². The Labute approximate surface area is 102 Å². The number of thiazole rings is 1. The number of carboxylic acid groups (broad SMARTS) is 1. The van der Waals surface area contributed by atoms with Gasteiger partial charge in [-0.2, -0.15) is 0 Å². The largest absolute Gasteiger partial charge is 0.476 e. The minimum Gasteiger partial charge on any atom is -0.476 e. The Morgan fingerprint density at radius 1 is 1.59 bits per heavy atom. The zero-order valence-corrected chi connectivity index (χ0v) is 10.0. The molecule has 0 bridgehead atoms. The van der Waals surface area contributed by atoms with E-state index < -0.39 is 5.97 Å². The Morgan fingerprint density at radius 2 is 2.35 bits per heavy atom. The van der Waals surface area contributed by atoms with Crippen LogP contribution in [0.1, 0.15) is 38.1 Å². The number of nitrogens with one attached hydrogen (secondary N) is 1. The summed E-state index contributed by atoms with van der Waals surface area (Å²) >= 11 is 1.12. The number of Topliss-reactive ketones (excluding diaryl/α,β-unsaturated/α-hetero) is 1. The van der Waals surface area contributed by atoms with Crippen LogP contribution in [0.15, 0.2) is 0 Å². The van der Waals surface area contributed by atoms with E-state index in [4.69, 9.17) is 9.84 Å². The van der Waals surface area contributed by atoms with Crippen molar-refractivity contribution in [3.63, 3.8) is 0 Å². The third kappa shape index (κ3) is 2.51. The Kier molecular flexibility index (Phi) is 3.51. The van der Waals surface area contributed by atoms with Gasteiger partial charge in [-0.15, -0.1) is 11.3 Å². The number of rotatable bonds is 3. The summed E-state index contributed by atoms with van der Waals surface area (Å²) in [6.45, 7) is 3.12. The average Bonchev–Trinajstić information content (AvgIpc) is 2.75. The number of hydrogen-bond acceptors (Lipinski definition) is 6. The molecule has 0 aliphatic carbocycles. The van der Waals surface area contributed by atoms with Crippen molar-refractivity contribution < 1.29 is 19.4 Å². The van der Waals surface area contributed by atoms with Crippen molar-refractivity contribution in [1.82, 2.24) is 10.3 Å². The van der Waals surface area contributed by atoms with Gasteiger partial charge in [0.1, 0.15) is 9.88 Å². The summed E-state index contributed by atoms with van der Waals surface area (Å²) in [5.74, 6) is -1.45. The lowest BCUT2D eigenvalue weighted by atomic mass is 10.2. The molecular weight excluding hydrogens is 244 g/mol. The lowest BCUT2D eigenvalue weighted by Gasteiger charge is -2.21. The molecule has 1 aromatic rings. The first-order valence-corrected chi connectivity index (χ1v) is 5.97. The molecule has 2 N–H and O–H groups in total. The maximum atomic E-state index is 11.3. The van der Waals surface area contributed by atoms with Gasteiger partial charge in [-0.3, -0.25) is 4.79 Å². The minimum absolute atomic E-state index is 0.125. The third-order valence-electron chi connectivity index (χ3n) is 2.39. The number of nitrogens with zero attached hydrogens (tertiary/aromatic N) is 1. The van der Waals surface area contributed by atoms with Crippen LogP contribution in [-0.4, -0.2) is 41.6 Å². The standard InChI is InChI=1S/C10H12N2O4S/c1-5(13)8-7(10(14)15)12-9(17-8)6-4-16-3-2-11-6/h6,11H,2-4H2,1H3,(H,14,15). The van der Waals surface area contributed by atoms with Gasteiger partial charge in [0, 0.05) is 13.5 Å². The van der Waals surface area contributed by atoms with Crippen molar-refractivity contribution >= 4 is 23.1 Å². The summed E-state index contributed by atoms with van der Waals surface area (Å²) < 4.78 is 5.28. The first kappa shape index (κ1) is 12.2. The van der Waals surface area contributed by atoms with E-state index in [1.54, 1.807) is 0 Å². The predicted octanol–water partition coefficient (Wildman–Crippen LogP) is 0.705. The summed E-state index contributed by atoms with van der Waals surface area (Å²) in [7, 11) is 0. The fourth-order valence-electron chi connectivity index (χ4n) is 1.59. The van der Waals surface area contributed by atoms with E-state index >= 15 is 0 Å². The molecule has 92 valence electrons. The number of ketones is 1. The van der Waals surface area contributed by atoms with Gasteiger partial charge in [0.2, 0.25) is 0 Å². The molecule has 1 aliphatic rings. The van der Waals surface area contributed by atoms with Crippen LogP contribution in [0, 0.1) is 0 Å². The van der Waals surface area contributed by atoms with Gasteiger partial charge in [-0.1, -0.05) is 0 Å². The summed E-state index contributed by atoms with van der Waals surface area (Å²) in [4.78, 5) is 26.5. The van der Waals surface area contributed by atoms with Gasteiger partial charge in [-0.25, -0.2) is 9.78 Å². The van der Waals surface area contributed by atoms with Gasteiger partial charge >= 0.3 is 5.97 Å². The molecule has 6 nitrogen and oxygen atoms in total.